The molecule has 1 aromatic rings. The summed E-state index contributed by atoms with van der Waals surface area (Å²) in [6.07, 6.45) is -2.59. The van der Waals surface area contributed by atoms with E-state index in [9.17, 15) is 23.1 Å². The van der Waals surface area contributed by atoms with Crippen molar-refractivity contribution in [2.75, 3.05) is 6.54 Å². The Hall–Kier alpha value is -1.76. The van der Waals surface area contributed by atoms with Crippen LogP contribution in [-0.2, 0) is 6.18 Å². The first kappa shape index (κ1) is 17.6. The Morgan fingerprint density at radius 2 is 2.13 bits per heavy atom. The molecule has 2 amide bonds. The van der Waals surface area contributed by atoms with Crippen LogP contribution >= 0.6 is 0 Å². The number of carbonyl (C=O) groups is 1. The molecule has 7 heteroatoms. The van der Waals surface area contributed by atoms with Crippen LogP contribution in [-0.4, -0.2) is 23.7 Å². The second kappa shape index (κ2) is 7.21. The topological polar surface area (TPSA) is 61.4 Å². The second-order valence-electron chi connectivity index (χ2n) is 6.01. The Morgan fingerprint density at radius 1 is 1.39 bits per heavy atom. The molecule has 2 rings (SSSR count). The van der Waals surface area contributed by atoms with Gasteiger partial charge < -0.3 is 15.7 Å². The van der Waals surface area contributed by atoms with Gasteiger partial charge in [-0.15, -0.1) is 0 Å². The van der Waals surface area contributed by atoms with Crippen LogP contribution in [0.25, 0.3) is 0 Å². The molecule has 0 bridgehead atoms. The molecule has 3 unspecified atom stereocenters. The molecule has 0 heterocycles. The largest absolute Gasteiger partial charge is 0.416 e. The Morgan fingerprint density at radius 3 is 2.74 bits per heavy atom. The lowest BCUT2D eigenvalue weighted by Crippen LogP contribution is -2.44. The summed E-state index contributed by atoms with van der Waals surface area (Å²) in [5.41, 5.74) is -0.701. The quantitative estimate of drug-likeness (QED) is 0.794. The zero-order chi connectivity index (χ0) is 17.0. The van der Waals surface area contributed by atoms with E-state index in [1.165, 1.54) is 12.1 Å². The van der Waals surface area contributed by atoms with E-state index in [1.807, 2.05) is 0 Å². The van der Waals surface area contributed by atoms with Gasteiger partial charge in [-0.05, 0) is 36.5 Å². The highest BCUT2D eigenvalue weighted by atomic mass is 19.4. The highest BCUT2D eigenvalue weighted by Gasteiger charge is 2.31. The van der Waals surface area contributed by atoms with Crippen molar-refractivity contribution in [1.82, 2.24) is 10.6 Å². The zero-order valence-corrected chi connectivity index (χ0v) is 12.9. The van der Waals surface area contributed by atoms with Crippen molar-refractivity contribution < 1.29 is 23.1 Å². The number of aliphatic hydroxyl groups is 1. The van der Waals surface area contributed by atoms with Crippen LogP contribution in [0.1, 0.15) is 43.4 Å². The SMILES string of the molecule is CC1CCCC1NC(=O)NCC(O)c1cccc(C(F)(F)F)c1. The van der Waals surface area contributed by atoms with Gasteiger partial charge in [-0.2, -0.15) is 13.2 Å². The molecule has 0 radical (unpaired) electrons. The maximum Gasteiger partial charge on any atom is 0.416 e. The van der Waals surface area contributed by atoms with Crippen LogP contribution in [0.2, 0.25) is 0 Å². The second-order valence-corrected chi connectivity index (χ2v) is 6.01. The smallest absolute Gasteiger partial charge is 0.387 e. The molecule has 0 aliphatic heterocycles. The average Bonchev–Trinajstić information content (AvgIpc) is 2.89. The van der Waals surface area contributed by atoms with Crippen LogP contribution in [0.4, 0.5) is 18.0 Å². The van der Waals surface area contributed by atoms with Crippen molar-refractivity contribution >= 4 is 6.03 Å². The summed E-state index contributed by atoms with van der Waals surface area (Å²) < 4.78 is 37.9. The number of benzene rings is 1. The number of hydrogen-bond donors (Lipinski definition) is 3. The van der Waals surface area contributed by atoms with Gasteiger partial charge in [0.2, 0.25) is 0 Å². The fourth-order valence-corrected chi connectivity index (χ4v) is 2.81. The summed E-state index contributed by atoms with van der Waals surface area (Å²) in [5, 5.41) is 15.3. The summed E-state index contributed by atoms with van der Waals surface area (Å²) in [6, 6.07) is 4.18. The van der Waals surface area contributed by atoms with Gasteiger partial charge in [-0.25, -0.2) is 4.79 Å². The number of alkyl halides is 3. The van der Waals surface area contributed by atoms with E-state index in [4.69, 9.17) is 0 Å². The maximum atomic E-state index is 12.6. The zero-order valence-electron chi connectivity index (χ0n) is 12.9. The standard InChI is InChI=1S/C16H21F3N2O2/c1-10-4-2-7-13(10)21-15(23)20-9-14(22)11-5-3-6-12(8-11)16(17,18)19/h3,5-6,8,10,13-14,22H,2,4,7,9H2,1H3,(H2,20,21,23). The maximum absolute atomic E-state index is 12.6. The van der Waals surface area contributed by atoms with Crippen molar-refractivity contribution in [2.24, 2.45) is 5.92 Å². The van der Waals surface area contributed by atoms with Crippen molar-refractivity contribution in [2.45, 2.75) is 44.5 Å². The Labute approximate surface area is 133 Å². The number of amides is 2. The number of carbonyl (C=O) groups excluding carboxylic acids is 1. The fourth-order valence-electron chi connectivity index (χ4n) is 2.81. The lowest BCUT2D eigenvalue weighted by Gasteiger charge is -2.19. The van der Waals surface area contributed by atoms with Crippen molar-refractivity contribution in [1.29, 1.82) is 0 Å². The molecular weight excluding hydrogens is 309 g/mol. The van der Waals surface area contributed by atoms with Crippen LogP contribution in [0.15, 0.2) is 24.3 Å². The lowest BCUT2D eigenvalue weighted by atomic mass is 10.1. The highest BCUT2D eigenvalue weighted by Crippen LogP contribution is 2.30. The van der Waals surface area contributed by atoms with Crippen LogP contribution < -0.4 is 10.6 Å². The Balaban J connectivity index is 1.87. The third-order valence-corrected chi connectivity index (χ3v) is 4.23. The minimum absolute atomic E-state index is 0.112. The van der Waals surface area contributed by atoms with E-state index < -0.39 is 23.9 Å². The van der Waals surface area contributed by atoms with E-state index in [2.05, 4.69) is 17.6 Å². The third-order valence-electron chi connectivity index (χ3n) is 4.23. The lowest BCUT2D eigenvalue weighted by molar-refractivity contribution is -0.137. The minimum Gasteiger partial charge on any atom is -0.387 e. The van der Waals surface area contributed by atoms with E-state index in [-0.39, 0.29) is 18.2 Å². The predicted octanol–water partition coefficient (Wildman–Crippen LogP) is 3.23. The fraction of sp³-hybridized carbons (Fsp3) is 0.562. The van der Waals surface area contributed by atoms with Crippen LogP contribution in [0.5, 0.6) is 0 Å². The minimum atomic E-state index is -4.46. The summed E-state index contributed by atoms with van der Waals surface area (Å²) >= 11 is 0. The van der Waals surface area contributed by atoms with Gasteiger partial charge in [0.05, 0.1) is 11.7 Å². The van der Waals surface area contributed by atoms with Gasteiger partial charge in [-0.1, -0.05) is 25.5 Å². The number of nitrogens with one attached hydrogen (secondary N) is 2. The van der Waals surface area contributed by atoms with Crippen molar-refractivity contribution in [3.63, 3.8) is 0 Å². The van der Waals surface area contributed by atoms with Crippen LogP contribution in [0, 0.1) is 5.92 Å². The van der Waals surface area contributed by atoms with E-state index >= 15 is 0 Å². The molecule has 4 nitrogen and oxygen atoms in total. The van der Waals surface area contributed by atoms with E-state index in [1.54, 1.807) is 0 Å². The van der Waals surface area contributed by atoms with Gasteiger partial charge in [0.1, 0.15) is 0 Å². The van der Waals surface area contributed by atoms with Gasteiger partial charge in [0.25, 0.3) is 0 Å². The van der Waals surface area contributed by atoms with E-state index in [0.29, 0.717) is 5.92 Å². The van der Waals surface area contributed by atoms with Gasteiger partial charge in [0, 0.05) is 12.6 Å². The van der Waals surface area contributed by atoms with Gasteiger partial charge in [0.15, 0.2) is 0 Å². The first-order chi connectivity index (χ1) is 10.8. The van der Waals surface area contributed by atoms with Gasteiger partial charge >= 0.3 is 12.2 Å². The Bertz CT molecular complexity index is 548. The molecule has 3 N–H and O–H groups in total. The van der Waals surface area contributed by atoms with Gasteiger partial charge in [-0.3, -0.25) is 0 Å². The number of rotatable bonds is 4. The first-order valence-corrected chi connectivity index (χ1v) is 7.67. The van der Waals surface area contributed by atoms with Crippen molar-refractivity contribution in [3.05, 3.63) is 35.4 Å². The summed E-state index contributed by atoms with van der Waals surface area (Å²) in [7, 11) is 0. The molecule has 1 saturated carbocycles. The number of aliphatic hydroxyl groups excluding tert-OH is 1. The molecule has 0 spiro atoms. The third kappa shape index (κ3) is 4.86. The summed E-state index contributed by atoms with van der Waals surface area (Å²) in [6.45, 7) is 1.92. The molecule has 1 fully saturated rings. The van der Waals surface area contributed by atoms with Crippen molar-refractivity contribution in [3.8, 4) is 0 Å². The highest BCUT2D eigenvalue weighted by molar-refractivity contribution is 5.74. The summed E-state index contributed by atoms with van der Waals surface area (Å²) in [4.78, 5) is 11.8. The molecule has 3 atom stereocenters. The normalized spacial score (nSPS) is 22.7. The Kier molecular flexibility index (Phi) is 5.51. The molecule has 0 saturated heterocycles. The number of hydrogen-bond acceptors (Lipinski definition) is 2. The molecule has 1 aromatic carbocycles. The molecule has 0 aromatic heterocycles. The number of urea groups is 1. The number of halogens is 3. The monoisotopic (exact) mass is 330 g/mol. The molecule has 23 heavy (non-hydrogen) atoms. The molecule has 128 valence electrons. The molecule has 1 aliphatic rings. The molecular formula is C16H21F3N2O2. The predicted molar refractivity (Wildman–Crippen MR) is 79.7 cm³/mol. The van der Waals surface area contributed by atoms with Crippen LogP contribution in [0.3, 0.4) is 0 Å². The summed E-state index contributed by atoms with van der Waals surface area (Å²) in [5.74, 6) is 0.411. The first-order valence-electron chi connectivity index (χ1n) is 7.67. The van der Waals surface area contributed by atoms with E-state index in [0.717, 1.165) is 31.4 Å². The average molecular weight is 330 g/mol. The molecule has 1 aliphatic carbocycles.